The number of piperazine rings is 1. The van der Waals surface area contributed by atoms with E-state index in [9.17, 15) is 4.79 Å². The van der Waals surface area contributed by atoms with Crippen molar-refractivity contribution >= 4 is 17.5 Å². The Morgan fingerprint density at radius 3 is 2.50 bits per heavy atom. The highest BCUT2D eigenvalue weighted by Crippen LogP contribution is 2.49. The number of fused-ring (bicyclic) bond motifs is 2. The van der Waals surface area contributed by atoms with Crippen LogP contribution in [-0.2, 0) is 4.79 Å². The van der Waals surface area contributed by atoms with Crippen molar-refractivity contribution in [3.63, 3.8) is 0 Å². The second kappa shape index (κ2) is 9.88. The normalized spacial score (nSPS) is 29.0. The van der Waals surface area contributed by atoms with E-state index in [-0.39, 0.29) is 11.9 Å². The molecule has 1 aromatic carbocycles. The number of benzene rings is 1. The van der Waals surface area contributed by atoms with Gasteiger partial charge in [0, 0.05) is 43.8 Å². The van der Waals surface area contributed by atoms with Gasteiger partial charge in [-0.3, -0.25) is 14.6 Å². The molecule has 1 aliphatic heterocycles. The van der Waals surface area contributed by atoms with Crippen LogP contribution in [0.4, 0.5) is 0 Å². The molecule has 1 saturated heterocycles. The second-order valence-corrected chi connectivity index (χ2v) is 9.93. The molecule has 5 nitrogen and oxygen atoms in total. The summed E-state index contributed by atoms with van der Waals surface area (Å²) < 4.78 is 5.81. The third-order valence-corrected chi connectivity index (χ3v) is 7.88. The van der Waals surface area contributed by atoms with Gasteiger partial charge in [0.2, 0.25) is 5.91 Å². The molecule has 0 spiro atoms. The largest absolute Gasteiger partial charge is 0.492 e. The van der Waals surface area contributed by atoms with Crippen LogP contribution in [0.3, 0.4) is 0 Å². The average molecular weight is 434 g/mol. The number of hydrogen-bond acceptors (Lipinski definition) is 4. The molecule has 0 aromatic heterocycles. The first-order chi connectivity index (χ1) is 14.5. The highest BCUT2D eigenvalue weighted by Gasteiger charge is 2.42. The number of rotatable bonds is 8. The molecule has 0 radical (unpaired) electrons. The topological polar surface area (TPSA) is 44.8 Å². The van der Waals surface area contributed by atoms with Crippen LogP contribution in [0.2, 0.25) is 5.02 Å². The van der Waals surface area contributed by atoms with Gasteiger partial charge in [-0.2, -0.15) is 0 Å². The summed E-state index contributed by atoms with van der Waals surface area (Å²) in [5, 5.41) is 4.07. The molecule has 2 bridgehead atoms. The molecule has 6 heteroatoms. The maximum absolute atomic E-state index is 12.9. The molecule has 3 fully saturated rings. The van der Waals surface area contributed by atoms with Crippen LogP contribution in [0.25, 0.3) is 0 Å². The summed E-state index contributed by atoms with van der Waals surface area (Å²) in [6.07, 6.45) is 5.49. The van der Waals surface area contributed by atoms with Gasteiger partial charge < -0.3 is 10.1 Å². The van der Waals surface area contributed by atoms with E-state index in [0.717, 1.165) is 55.3 Å². The van der Waals surface area contributed by atoms with Gasteiger partial charge in [0.05, 0.1) is 6.04 Å². The van der Waals surface area contributed by atoms with Crippen molar-refractivity contribution in [3.05, 3.63) is 29.3 Å². The molecule has 1 N–H and O–H groups in total. The highest BCUT2D eigenvalue weighted by molar-refractivity contribution is 6.30. The number of nitrogens with one attached hydrogen (secondary N) is 1. The Bertz CT molecular complexity index is 705. The molecular formula is C24H36ClN3O2. The van der Waals surface area contributed by atoms with Crippen LogP contribution in [0.15, 0.2) is 24.3 Å². The van der Waals surface area contributed by atoms with Crippen LogP contribution in [0.1, 0.15) is 39.5 Å². The maximum Gasteiger partial charge on any atom is 0.237 e. The minimum absolute atomic E-state index is 0.0569. The Morgan fingerprint density at radius 2 is 1.87 bits per heavy atom. The number of amides is 1. The van der Waals surface area contributed by atoms with Gasteiger partial charge in [-0.05, 0) is 75.1 Å². The van der Waals surface area contributed by atoms with Gasteiger partial charge in [-0.1, -0.05) is 18.0 Å². The molecule has 3 aliphatic rings. The molecule has 2 aliphatic carbocycles. The van der Waals surface area contributed by atoms with E-state index in [4.69, 9.17) is 16.3 Å². The summed E-state index contributed by atoms with van der Waals surface area (Å²) in [6, 6.07) is 7.75. The van der Waals surface area contributed by atoms with E-state index in [1.807, 2.05) is 24.3 Å². The smallest absolute Gasteiger partial charge is 0.237 e. The second-order valence-electron chi connectivity index (χ2n) is 9.49. The lowest BCUT2D eigenvalue weighted by Crippen LogP contribution is -2.55. The van der Waals surface area contributed by atoms with Crippen molar-refractivity contribution in [2.45, 2.75) is 51.6 Å². The number of nitrogens with zero attached hydrogens (tertiary/aromatic N) is 2. The fourth-order valence-corrected chi connectivity index (χ4v) is 5.85. The number of hydrogen-bond donors (Lipinski definition) is 1. The van der Waals surface area contributed by atoms with E-state index in [1.165, 1.54) is 25.7 Å². The molecule has 166 valence electrons. The van der Waals surface area contributed by atoms with Gasteiger partial charge in [-0.15, -0.1) is 0 Å². The third kappa shape index (κ3) is 5.30. The molecule has 2 saturated carbocycles. The van der Waals surface area contributed by atoms with Gasteiger partial charge >= 0.3 is 0 Å². The SMILES string of the molecule is C[C@H](NC(=O)[C@H](C)N1CCN(CCOc2ccc(Cl)cc2)CC1)[C@@H]1C[C@H]2CC[C@H]1C2. The fourth-order valence-electron chi connectivity index (χ4n) is 5.72. The lowest BCUT2D eigenvalue weighted by atomic mass is 9.84. The Kier molecular flexibility index (Phi) is 7.22. The van der Waals surface area contributed by atoms with Gasteiger partial charge in [0.25, 0.3) is 0 Å². The standard InChI is InChI=1S/C24H36ClN3O2/c1-17(23-16-19-3-4-20(23)15-19)26-24(29)18(2)28-11-9-27(10-12-28)13-14-30-22-7-5-21(25)6-8-22/h5-8,17-20,23H,3-4,9-16H2,1-2H3,(H,26,29)/t17-,18-,19-,20-,23-/m0/s1. The van der Waals surface area contributed by atoms with Crippen molar-refractivity contribution in [3.8, 4) is 5.75 Å². The van der Waals surface area contributed by atoms with Crippen LogP contribution in [0, 0.1) is 17.8 Å². The van der Waals surface area contributed by atoms with Crippen molar-refractivity contribution in [1.82, 2.24) is 15.1 Å². The van der Waals surface area contributed by atoms with Crippen molar-refractivity contribution in [1.29, 1.82) is 0 Å². The van der Waals surface area contributed by atoms with E-state index in [1.54, 1.807) is 0 Å². The van der Waals surface area contributed by atoms with E-state index < -0.39 is 0 Å². The van der Waals surface area contributed by atoms with Crippen molar-refractivity contribution in [2.24, 2.45) is 17.8 Å². The van der Waals surface area contributed by atoms with Crippen molar-refractivity contribution < 1.29 is 9.53 Å². The summed E-state index contributed by atoms with van der Waals surface area (Å²) in [5.74, 6) is 3.52. The minimum atomic E-state index is -0.0569. The first-order valence-corrected chi connectivity index (χ1v) is 12.0. The predicted octanol–water partition coefficient (Wildman–Crippen LogP) is 3.67. The molecule has 1 amide bonds. The summed E-state index contributed by atoms with van der Waals surface area (Å²) in [5.41, 5.74) is 0. The van der Waals surface area contributed by atoms with E-state index in [2.05, 4.69) is 29.0 Å². The molecular weight excluding hydrogens is 398 g/mol. The summed E-state index contributed by atoms with van der Waals surface area (Å²) >= 11 is 5.91. The number of ether oxygens (including phenoxy) is 1. The molecule has 1 aromatic rings. The zero-order valence-electron chi connectivity index (χ0n) is 18.4. The first-order valence-electron chi connectivity index (χ1n) is 11.6. The zero-order chi connectivity index (χ0) is 21.1. The summed E-state index contributed by atoms with van der Waals surface area (Å²) in [7, 11) is 0. The van der Waals surface area contributed by atoms with E-state index in [0.29, 0.717) is 18.6 Å². The number of carbonyl (C=O) groups excluding carboxylic acids is 1. The minimum Gasteiger partial charge on any atom is -0.492 e. The van der Waals surface area contributed by atoms with Gasteiger partial charge in [0.15, 0.2) is 0 Å². The molecule has 5 atom stereocenters. The monoisotopic (exact) mass is 433 g/mol. The molecule has 1 heterocycles. The number of halogens is 1. The fraction of sp³-hybridized carbons (Fsp3) is 0.708. The first kappa shape index (κ1) is 21.9. The molecule has 0 unspecified atom stereocenters. The van der Waals surface area contributed by atoms with E-state index >= 15 is 0 Å². The number of carbonyl (C=O) groups is 1. The zero-order valence-corrected chi connectivity index (χ0v) is 19.1. The summed E-state index contributed by atoms with van der Waals surface area (Å²) in [4.78, 5) is 17.6. The van der Waals surface area contributed by atoms with Crippen LogP contribution in [0.5, 0.6) is 5.75 Å². The van der Waals surface area contributed by atoms with Crippen molar-refractivity contribution in [2.75, 3.05) is 39.3 Å². The summed E-state index contributed by atoms with van der Waals surface area (Å²) in [6.45, 7) is 9.65. The quantitative estimate of drug-likeness (QED) is 0.679. The Hall–Kier alpha value is -1.30. The molecule has 4 rings (SSSR count). The average Bonchev–Trinajstić information content (AvgIpc) is 3.39. The highest BCUT2D eigenvalue weighted by atomic mass is 35.5. The van der Waals surface area contributed by atoms with Gasteiger partial charge in [0.1, 0.15) is 12.4 Å². The predicted molar refractivity (Wildman–Crippen MR) is 121 cm³/mol. The lowest BCUT2D eigenvalue weighted by Gasteiger charge is -2.38. The Balaban J connectivity index is 1.15. The maximum atomic E-state index is 12.9. The van der Waals surface area contributed by atoms with Crippen LogP contribution in [-0.4, -0.2) is 67.1 Å². The van der Waals surface area contributed by atoms with Gasteiger partial charge in [-0.25, -0.2) is 0 Å². The Morgan fingerprint density at radius 1 is 1.13 bits per heavy atom. The Labute approximate surface area is 186 Å². The third-order valence-electron chi connectivity index (χ3n) is 7.63. The lowest BCUT2D eigenvalue weighted by molar-refractivity contribution is -0.127. The van der Waals surface area contributed by atoms with Crippen LogP contribution >= 0.6 is 11.6 Å². The van der Waals surface area contributed by atoms with Crippen LogP contribution < -0.4 is 10.1 Å². The molecule has 30 heavy (non-hydrogen) atoms.